The van der Waals surface area contributed by atoms with E-state index in [2.05, 4.69) is 11.6 Å². The van der Waals surface area contributed by atoms with E-state index in [-0.39, 0.29) is 6.04 Å². The smallest absolute Gasteiger partial charge is 0.382 e. The van der Waals surface area contributed by atoms with Crippen LogP contribution in [0.1, 0.15) is 35.6 Å². The Morgan fingerprint density at radius 1 is 1.12 bits per heavy atom. The van der Waals surface area contributed by atoms with Crippen LogP contribution in [0, 0.1) is 11.8 Å². The fourth-order valence-corrected chi connectivity index (χ4v) is 6.13. The zero-order chi connectivity index (χ0) is 23.2. The van der Waals surface area contributed by atoms with Crippen LogP contribution in [0.5, 0.6) is 0 Å². The summed E-state index contributed by atoms with van der Waals surface area (Å²) in [6.45, 7) is 6.39. The van der Waals surface area contributed by atoms with Gasteiger partial charge >= 0.3 is 6.18 Å². The molecule has 33 heavy (non-hydrogen) atoms. The van der Waals surface area contributed by atoms with Gasteiger partial charge in [-0.05, 0) is 35.7 Å². The van der Waals surface area contributed by atoms with E-state index >= 15 is 0 Å². The maximum atomic E-state index is 13.1. The number of benzene rings is 2. The molecule has 0 spiro atoms. The minimum atomic E-state index is -4.34. The average molecular weight is 454 g/mol. The summed E-state index contributed by atoms with van der Waals surface area (Å²) in [5, 5.41) is 12.6. The topological polar surface area (TPSA) is 33.1 Å². The van der Waals surface area contributed by atoms with Crippen LogP contribution in [0.2, 0.25) is 0 Å². The summed E-state index contributed by atoms with van der Waals surface area (Å²) in [5.74, 6) is 0.827. The summed E-state index contributed by atoms with van der Waals surface area (Å²) in [6.07, 6.45) is 0.648. The van der Waals surface area contributed by atoms with Crippen LogP contribution in [-0.2, 0) is 12.7 Å². The van der Waals surface area contributed by atoms with Crippen molar-refractivity contribution in [3.8, 4) is 0 Å². The molecule has 3 fully saturated rings. The molecule has 3 aromatic rings. The van der Waals surface area contributed by atoms with Gasteiger partial charge in [0.05, 0.1) is 24.2 Å². The fourth-order valence-electron chi connectivity index (χ4n) is 6.13. The van der Waals surface area contributed by atoms with Crippen molar-refractivity contribution in [3.63, 3.8) is 0 Å². The molecule has 6 rings (SSSR count). The quantitative estimate of drug-likeness (QED) is 0.386. The van der Waals surface area contributed by atoms with E-state index in [4.69, 9.17) is 0 Å². The normalized spacial score (nSPS) is 28.1. The SMILES string of the molecule is C=C[C@@H]1C[N@+]2(Cc3ccc(C(F)(F)F)cc3)CC[C@H]1C[C@H]2[C@H](O)c1ccnc2ccccc12. The van der Waals surface area contributed by atoms with E-state index in [1.54, 1.807) is 18.3 Å². The highest BCUT2D eigenvalue weighted by Gasteiger charge is 2.54. The molecular weight excluding hydrogens is 425 g/mol. The van der Waals surface area contributed by atoms with Crippen molar-refractivity contribution in [1.29, 1.82) is 0 Å². The maximum Gasteiger partial charge on any atom is 0.416 e. The third-order valence-electron chi connectivity index (χ3n) is 7.82. The van der Waals surface area contributed by atoms with E-state index in [1.165, 1.54) is 0 Å². The Bertz CT molecular complexity index is 1150. The van der Waals surface area contributed by atoms with Crippen LogP contribution >= 0.6 is 0 Å². The van der Waals surface area contributed by atoms with Gasteiger partial charge in [0, 0.05) is 35.9 Å². The molecule has 1 N–H and O–H groups in total. The van der Waals surface area contributed by atoms with Crippen LogP contribution in [0.25, 0.3) is 10.9 Å². The fraction of sp³-hybridized carbons (Fsp3) is 0.370. The van der Waals surface area contributed by atoms with Gasteiger partial charge in [0.1, 0.15) is 18.7 Å². The number of halogens is 3. The van der Waals surface area contributed by atoms with Gasteiger partial charge in [-0.25, -0.2) is 0 Å². The number of aromatic nitrogens is 1. The number of aliphatic hydroxyl groups is 1. The Morgan fingerprint density at radius 3 is 2.61 bits per heavy atom. The van der Waals surface area contributed by atoms with Crippen molar-refractivity contribution < 1.29 is 22.8 Å². The van der Waals surface area contributed by atoms with E-state index < -0.39 is 17.8 Å². The molecule has 0 saturated carbocycles. The Hall–Kier alpha value is -2.70. The molecule has 1 aromatic heterocycles. The van der Waals surface area contributed by atoms with Crippen LogP contribution in [0.15, 0.2) is 73.4 Å². The first-order valence-electron chi connectivity index (χ1n) is 11.5. The number of alkyl halides is 3. The zero-order valence-electron chi connectivity index (χ0n) is 18.4. The summed E-state index contributed by atoms with van der Waals surface area (Å²) in [5.41, 5.74) is 1.96. The third kappa shape index (κ3) is 3.96. The van der Waals surface area contributed by atoms with Gasteiger partial charge in [0.25, 0.3) is 0 Å². The lowest BCUT2D eigenvalue weighted by Crippen LogP contribution is -2.67. The first-order chi connectivity index (χ1) is 15.8. The number of piperidine rings is 3. The molecule has 2 aromatic carbocycles. The van der Waals surface area contributed by atoms with Crippen LogP contribution in [0.4, 0.5) is 13.2 Å². The molecular formula is C27H28F3N2O+. The number of hydrogen-bond donors (Lipinski definition) is 1. The second-order valence-corrected chi connectivity index (χ2v) is 9.59. The average Bonchev–Trinajstić information content (AvgIpc) is 2.83. The monoisotopic (exact) mass is 453 g/mol. The lowest BCUT2D eigenvalue weighted by Gasteiger charge is -2.58. The number of quaternary nitrogens is 1. The molecule has 0 aliphatic carbocycles. The lowest BCUT2D eigenvalue weighted by atomic mass is 9.71. The molecule has 5 atom stereocenters. The number of hydrogen-bond acceptors (Lipinski definition) is 2. The molecule has 3 aliphatic rings. The number of nitrogens with zero attached hydrogens (tertiary/aromatic N) is 2. The van der Waals surface area contributed by atoms with Crippen molar-refractivity contribution in [1.82, 2.24) is 4.98 Å². The largest absolute Gasteiger partial charge is 0.416 e. The molecule has 4 heterocycles. The van der Waals surface area contributed by atoms with Crippen molar-refractivity contribution >= 4 is 10.9 Å². The van der Waals surface area contributed by atoms with Crippen LogP contribution < -0.4 is 0 Å². The summed E-state index contributed by atoms with van der Waals surface area (Å²) in [4.78, 5) is 4.43. The maximum absolute atomic E-state index is 13.1. The number of para-hydroxylation sites is 1. The molecule has 0 radical (unpaired) electrons. The van der Waals surface area contributed by atoms with Gasteiger partial charge in [-0.15, -0.1) is 6.58 Å². The van der Waals surface area contributed by atoms with E-state index in [0.29, 0.717) is 22.9 Å². The van der Waals surface area contributed by atoms with E-state index in [9.17, 15) is 18.3 Å². The Kier molecular flexibility index (Phi) is 5.53. The van der Waals surface area contributed by atoms with E-state index in [1.807, 2.05) is 36.4 Å². The van der Waals surface area contributed by atoms with Crippen molar-refractivity contribution in [3.05, 3.63) is 90.1 Å². The van der Waals surface area contributed by atoms with E-state index in [0.717, 1.165) is 60.1 Å². The van der Waals surface area contributed by atoms with Gasteiger partial charge in [-0.3, -0.25) is 4.98 Å². The van der Waals surface area contributed by atoms with Crippen molar-refractivity contribution in [2.75, 3.05) is 13.1 Å². The van der Waals surface area contributed by atoms with Gasteiger partial charge in [-0.1, -0.05) is 36.4 Å². The molecule has 3 nitrogen and oxygen atoms in total. The summed E-state index contributed by atoms with van der Waals surface area (Å²) < 4.78 is 39.8. The molecule has 6 heteroatoms. The van der Waals surface area contributed by atoms with Gasteiger partial charge in [0.2, 0.25) is 0 Å². The highest BCUT2D eigenvalue weighted by Crippen LogP contribution is 2.48. The molecule has 0 amide bonds. The standard InChI is InChI=1S/C27H28F3N2O/c1-2-19-17-32(16-18-7-9-21(10-8-18)27(28,29)30)14-12-20(19)15-25(32)26(33)23-11-13-31-24-6-4-3-5-22(23)24/h2-11,13,19-20,25-26,33H,1,12,14-17H2/q+1/t19-,20+,25+,26-,32-/m1/s1. The summed E-state index contributed by atoms with van der Waals surface area (Å²) >= 11 is 0. The second kappa shape index (κ2) is 8.26. The first kappa shape index (κ1) is 22.1. The predicted molar refractivity (Wildman–Crippen MR) is 122 cm³/mol. The first-order valence-corrected chi connectivity index (χ1v) is 11.5. The number of rotatable bonds is 5. The minimum absolute atomic E-state index is 0.0342. The third-order valence-corrected chi connectivity index (χ3v) is 7.82. The molecule has 3 saturated heterocycles. The van der Waals surface area contributed by atoms with Crippen LogP contribution in [-0.4, -0.2) is 33.7 Å². The highest BCUT2D eigenvalue weighted by atomic mass is 19.4. The Morgan fingerprint density at radius 2 is 1.88 bits per heavy atom. The number of pyridine rings is 1. The second-order valence-electron chi connectivity index (χ2n) is 9.59. The number of aliphatic hydroxyl groups excluding tert-OH is 1. The molecule has 2 bridgehead atoms. The summed E-state index contributed by atoms with van der Waals surface area (Å²) in [7, 11) is 0. The lowest BCUT2D eigenvalue weighted by molar-refractivity contribution is -0.984. The molecule has 172 valence electrons. The molecule has 0 unspecified atom stereocenters. The van der Waals surface area contributed by atoms with Crippen LogP contribution in [0.3, 0.4) is 0 Å². The zero-order valence-corrected chi connectivity index (χ0v) is 18.4. The Labute approximate surface area is 191 Å². The van der Waals surface area contributed by atoms with Gasteiger partial charge in [0.15, 0.2) is 0 Å². The highest BCUT2D eigenvalue weighted by molar-refractivity contribution is 5.82. The minimum Gasteiger partial charge on any atom is -0.382 e. The summed E-state index contributed by atoms with van der Waals surface area (Å²) in [6, 6.07) is 15.2. The van der Waals surface area contributed by atoms with Gasteiger partial charge < -0.3 is 9.59 Å². The predicted octanol–water partition coefficient (Wildman–Crippen LogP) is 5.90. The molecule has 3 aliphatic heterocycles. The van der Waals surface area contributed by atoms with Crippen molar-refractivity contribution in [2.24, 2.45) is 11.8 Å². The van der Waals surface area contributed by atoms with Gasteiger partial charge in [-0.2, -0.15) is 13.2 Å². The Balaban J connectivity index is 1.51. The van der Waals surface area contributed by atoms with Crippen molar-refractivity contribution in [2.45, 2.75) is 37.7 Å². The number of fused-ring (bicyclic) bond motifs is 4.